The monoisotopic (exact) mass is 326 g/mol. The molecule has 1 atom stereocenters. The van der Waals surface area contributed by atoms with Crippen LogP contribution in [0.1, 0.15) is 50.7 Å². The van der Waals surface area contributed by atoms with Crippen molar-refractivity contribution in [2.75, 3.05) is 6.61 Å². The Balaban J connectivity index is 2.10. The van der Waals surface area contributed by atoms with Gasteiger partial charge in [-0.05, 0) is 36.6 Å². The van der Waals surface area contributed by atoms with E-state index in [4.69, 9.17) is 4.74 Å². The smallest absolute Gasteiger partial charge is 0.125 e. The van der Waals surface area contributed by atoms with Gasteiger partial charge in [0.15, 0.2) is 0 Å². The maximum absolute atomic E-state index is 10.5. The highest BCUT2D eigenvalue weighted by Crippen LogP contribution is 2.35. The van der Waals surface area contributed by atoms with Crippen LogP contribution in [0.25, 0.3) is 0 Å². The van der Waals surface area contributed by atoms with Gasteiger partial charge in [-0.1, -0.05) is 42.1 Å². The van der Waals surface area contributed by atoms with Gasteiger partial charge in [-0.25, -0.2) is 0 Å². The van der Waals surface area contributed by atoms with Crippen molar-refractivity contribution in [2.45, 2.75) is 58.0 Å². The van der Waals surface area contributed by atoms with Crippen LogP contribution in [0.2, 0.25) is 0 Å². The summed E-state index contributed by atoms with van der Waals surface area (Å²) in [5.74, 6) is 0.999. The first-order valence-electron chi connectivity index (χ1n) is 7.18. The van der Waals surface area contributed by atoms with Crippen LogP contribution in [-0.2, 0) is 12.8 Å². The first-order chi connectivity index (χ1) is 9.02. The summed E-state index contributed by atoms with van der Waals surface area (Å²) in [6, 6.07) is 4.20. The van der Waals surface area contributed by atoms with Crippen LogP contribution < -0.4 is 4.74 Å². The van der Waals surface area contributed by atoms with E-state index >= 15 is 0 Å². The van der Waals surface area contributed by atoms with Gasteiger partial charge < -0.3 is 9.84 Å². The number of rotatable bonds is 6. The summed E-state index contributed by atoms with van der Waals surface area (Å²) >= 11 is 3.55. The van der Waals surface area contributed by atoms with E-state index in [2.05, 4.69) is 35.0 Å². The molecular weight excluding hydrogens is 304 g/mol. The molecule has 0 amide bonds. The first-order valence-corrected chi connectivity index (χ1v) is 7.97. The zero-order valence-corrected chi connectivity index (χ0v) is 13.4. The normalized spacial score (nSPS) is 16.8. The Bertz CT molecular complexity index is 441. The standard InChI is InChI=1S/C16H23BrO2/c1-3-4-5-7-16(2,18)11-13-10-14(17)9-12-6-8-19-15(12)13/h9-10,18H,3-8,11H2,1-2H3. The Morgan fingerprint density at radius 3 is 2.89 bits per heavy atom. The summed E-state index contributed by atoms with van der Waals surface area (Å²) < 4.78 is 6.80. The molecule has 0 fully saturated rings. The lowest BCUT2D eigenvalue weighted by Gasteiger charge is -2.24. The molecule has 1 heterocycles. The van der Waals surface area contributed by atoms with Crippen LogP contribution in [-0.4, -0.2) is 17.3 Å². The topological polar surface area (TPSA) is 29.5 Å². The van der Waals surface area contributed by atoms with Gasteiger partial charge in [0.2, 0.25) is 0 Å². The highest BCUT2D eigenvalue weighted by atomic mass is 79.9. The number of unbranched alkanes of at least 4 members (excludes halogenated alkanes) is 2. The van der Waals surface area contributed by atoms with Crippen LogP contribution in [0.3, 0.4) is 0 Å². The van der Waals surface area contributed by atoms with Gasteiger partial charge in [0.1, 0.15) is 5.75 Å². The molecule has 1 aliphatic rings. The molecule has 3 heteroatoms. The molecule has 1 unspecified atom stereocenters. The molecule has 0 radical (unpaired) electrons. The lowest BCUT2D eigenvalue weighted by molar-refractivity contribution is 0.0480. The number of hydrogen-bond acceptors (Lipinski definition) is 2. The van der Waals surface area contributed by atoms with Crippen molar-refractivity contribution in [1.82, 2.24) is 0 Å². The molecule has 0 aromatic heterocycles. The summed E-state index contributed by atoms with van der Waals surface area (Å²) in [6.45, 7) is 4.88. The highest BCUT2D eigenvalue weighted by Gasteiger charge is 2.25. The van der Waals surface area contributed by atoms with E-state index in [-0.39, 0.29) is 0 Å². The van der Waals surface area contributed by atoms with Crippen molar-refractivity contribution in [3.05, 3.63) is 27.7 Å². The molecule has 0 spiro atoms. The zero-order valence-electron chi connectivity index (χ0n) is 11.8. The predicted octanol–water partition coefficient (Wildman–Crippen LogP) is 4.26. The second-order valence-electron chi connectivity index (χ2n) is 5.78. The Hall–Kier alpha value is -0.540. The second-order valence-corrected chi connectivity index (χ2v) is 6.70. The Kier molecular flexibility index (Phi) is 4.91. The molecule has 1 aromatic carbocycles. The lowest BCUT2D eigenvalue weighted by Crippen LogP contribution is -2.27. The summed E-state index contributed by atoms with van der Waals surface area (Å²) in [5.41, 5.74) is 1.74. The fourth-order valence-electron chi connectivity index (χ4n) is 2.73. The fourth-order valence-corrected chi connectivity index (χ4v) is 3.28. The van der Waals surface area contributed by atoms with Crippen molar-refractivity contribution in [2.24, 2.45) is 0 Å². The average molecular weight is 327 g/mol. The van der Waals surface area contributed by atoms with E-state index in [1.807, 2.05) is 6.92 Å². The van der Waals surface area contributed by atoms with Gasteiger partial charge in [-0.2, -0.15) is 0 Å². The van der Waals surface area contributed by atoms with Crippen molar-refractivity contribution < 1.29 is 9.84 Å². The minimum absolute atomic E-state index is 0.643. The van der Waals surface area contributed by atoms with E-state index in [1.54, 1.807) is 0 Å². The van der Waals surface area contributed by atoms with E-state index in [0.717, 1.165) is 41.7 Å². The molecule has 0 saturated carbocycles. The summed E-state index contributed by atoms with van der Waals surface area (Å²) in [7, 11) is 0. The molecule has 0 saturated heterocycles. The number of hydrogen-bond donors (Lipinski definition) is 1. The third-order valence-corrected chi connectivity index (χ3v) is 4.17. The number of benzene rings is 1. The Morgan fingerprint density at radius 2 is 2.16 bits per heavy atom. The summed E-state index contributed by atoms with van der Waals surface area (Å²) in [6.07, 6.45) is 5.94. The molecule has 0 aliphatic carbocycles. The van der Waals surface area contributed by atoms with E-state index in [0.29, 0.717) is 6.42 Å². The van der Waals surface area contributed by atoms with Gasteiger partial charge >= 0.3 is 0 Å². The summed E-state index contributed by atoms with van der Waals surface area (Å²) in [5, 5.41) is 10.5. The third-order valence-electron chi connectivity index (χ3n) is 3.72. The Morgan fingerprint density at radius 1 is 1.37 bits per heavy atom. The van der Waals surface area contributed by atoms with Crippen LogP contribution in [0.5, 0.6) is 5.75 Å². The van der Waals surface area contributed by atoms with Crippen LogP contribution in [0.15, 0.2) is 16.6 Å². The molecule has 0 bridgehead atoms. The van der Waals surface area contributed by atoms with Crippen molar-refractivity contribution in [3.8, 4) is 5.75 Å². The van der Waals surface area contributed by atoms with Crippen molar-refractivity contribution >= 4 is 15.9 Å². The number of fused-ring (bicyclic) bond motifs is 1. The zero-order chi connectivity index (χ0) is 13.9. The van der Waals surface area contributed by atoms with Gasteiger partial charge in [0.25, 0.3) is 0 Å². The van der Waals surface area contributed by atoms with Crippen LogP contribution in [0, 0.1) is 0 Å². The van der Waals surface area contributed by atoms with Gasteiger partial charge in [-0.3, -0.25) is 0 Å². The average Bonchev–Trinajstić information content (AvgIpc) is 2.76. The SMILES string of the molecule is CCCCCC(C)(O)Cc1cc(Br)cc2c1OCC2. The molecule has 1 aliphatic heterocycles. The number of aliphatic hydroxyl groups is 1. The van der Waals surface area contributed by atoms with Crippen molar-refractivity contribution in [1.29, 1.82) is 0 Å². The fraction of sp³-hybridized carbons (Fsp3) is 0.625. The second kappa shape index (κ2) is 6.27. The molecular formula is C16H23BrO2. The van der Waals surface area contributed by atoms with Gasteiger partial charge in [-0.15, -0.1) is 0 Å². The maximum Gasteiger partial charge on any atom is 0.125 e. The number of halogens is 1. The predicted molar refractivity (Wildman–Crippen MR) is 81.8 cm³/mol. The minimum atomic E-state index is -0.643. The van der Waals surface area contributed by atoms with Crippen LogP contribution in [0.4, 0.5) is 0 Å². The quantitative estimate of drug-likeness (QED) is 0.791. The first kappa shape index (κ1) is 14.9. The van der Waals surface area contributed by atoms with Gasteiger partial charge in [0.05, 0.1) is 12.2 Å². The number of ether oxygens (including phenoxy) is 1. The van der Waals surface area contributed by atoms with E-state index in [9.17, 15) is 5.11 Å². The van der Waals surface area contributed by atoms with Crippen molar-refractivity contribution in [3.63, 3.8) is 0 Å². The highest BCUT2D eigenvalue weighted by molar-refractivity contribution is 9.10. The lowest BCUT2D eigenvalue weighted by atomic mass is 9.90. The molecule has 106 valence electrons. The minimum Gasteiger partial charge on any atom is -0.493 e. The molecule has 2 nitrogen and oxygen atoms in total. The molecule has 2 rings (SSSR count). The molecule has 1 aromatic rings. The van der Waals surface area contributed by atoms with E-state index in [1.165, 1.54) is 18.4 Å². The van der Waals surface area contributed by atoms with Crippen LogP contribution >= 0.6 is 15.9 Å². The third kappa shape index (κ3) is 3.96. The molecule has 1 N–H and O–H groups in total. The van der Waals surface area contributed by atoms with E-state index < -0.39 is 5.60 Å². The Labute approximate surface area is 124 Å². The molecule has 19 heavy (non-hydrogen) atoms. The van der Waals surface area contributed by atoms with Gasteiger partial charge in [0, 0.05) is 17.3 Å². The summed E-state index contributed by atoms with van der Waals surface area (Å²) in [4.78, 5) is 0. The largest absolute Gasteiger partial charge is 0.493 e. The maximum atomic E-state index is 10.5.